The SMILES string of the molecule is CC.CC1CCC(Cc2ccccc2F)CC1.CCCC. The molecule has 0 heterocycles. The van der Waals surface area contributed by atoms with Gasteiger partial charge in [0, 0.05) is 0 Å². The molecule has 0 saturated heterocycles. The van der Waals surface area contributed by atoms with Crippen molar-refractivity contribution >= 4 is 0 Å². The van der Waals surface area contributed by atoms with Gasteiger partial charge in [0.05, 0.1) is 0 Å². The van der Waals surface area contributed by atoms with Crippen molar-refractivity contribution in [2.24, 2.45) is 11.8 Å². The smallest absolute Gasteiger partial charge is 0.126 e. The highest BCUT2D eigenvalue weighted by Gasteiger charge is 2.19. The van der Waals surface area contributed by atoms with Crippen LogP contribution in [0.3, 0.4) is 0 Å². The largest absolute Gasteiger partial charge is 0.207 e. The molecule has 0 aromatic heterocycles. The molecular formula is C20H35F. The van der Waals surface area contributed by atoms with Crippen molar-refractivity contribution in [1.82, 2.24) is 0 Å². The summed E-state index contributed by atoms with van der Waals surface area (Å²) in [7, 11) is 0. The van der Waals surface area contributed by atoms with Crippen LogP contribution in [-0.2, 0) is 6.42 Å². The first kappa shape index (κ1) is 20.1. The minimum absolute atomic E-state index is 0.0314. The fourth-order valence-electron chi connectivity index (χ4n) is 2.51. The van der Waals surface area contributed by atoms with Gasteiger partial charge in [-0.15, -0.1) is 0 Å². The van der Waals surface area contributed by atoms with Crippen LogP contribution < -0.4 is 0 Å². The van der Waals surface area contributed by atoms with Gasteiger partial charge in [-0.05, 0) is 42.7 Å². The number of hydrogen-bond donors (Lipinski definition) is 0. The first-order valence-corrected chi connectivity index (χ1v) is 8.90. The molecule has 1 aromatic carbocycles. The molecule has 0 nitrogen and oxygen atoms in total. The fraction of sp³-hybridized carbons (Fsp3) is 0.700. The standard InChI is InChI=1S/C14H19F.C4H10.C2H6/c1-11-6-8-12(9-7-11)10-13-4-2-3-5-14(13)15;1-3-4-2;1-2/h2-5,11-12H,6-10H2,1H3;3-4H2,1-2H3;1-2H3. The van der Waals surface area contributed by atoms with Crippen LogP contribution in [0, 0.1) is 17.7 Å². The van der Waals surface area contributed by atoms with E-state index in [2.05, 4.69) is 20.8 Å². The van der Waals surface area contributed by atoms with Crippen molar-refractivity contribution < 1.29 is 4.39 Å². The summed E-state index contributed by atoms with van der Waals surface area (Å²) in [5, 5.41) is 0. The zero-order valence-corrected chi connectivity index (χ0v) is 14.8. The number of halogens is 1. The Bertz CT molecular complexity index is 335. The van der Waals surface area contributed by atoms with Crippen LogP contribution in [0.25, 0.3) is 0 Å². The summed E-state index contributed by atoms with van der Waals surface area (Å²) in [6.45, 7) is 10.7. The minimum Gasteiger partial charge on any atom is -0.207 e. The molecule has 1 aromatic rings. The topological polar surface area (TPSA) is 0 Å². The second kappa shape index (κ2) is 12.9. The summed E-state index contributed by atoms with van der Waals surface area (Å²) < 4.78 is 13.4. The number of benzene rings is 1. The van der Waals surface area contributed by atoms with Crippen LogP contribution in [0.5, 0.6) is 0 Å². The molecule has 0 aliphatic heterocycles. The van der Waals surface area contributed by atoms with Crippen LogP contribution in [0.1, 0.15) is 78.7 Å². The van der Waals surface area contributed by atoms with Gasteiger partial charge < -0.3 is 0 Å². The van der Waals surface area contributed by atoms with Gasteiger partial charge in [0.15, 0.2) is 0 Å². The van der Waals surface area contributed by atoms with Gasteiger partial charge in [0.2, 0.25) is 0 Å². The predicted octanol–water partition coefficient (Wildman–Crippen LogP) is 7.03. The van der Waals surface area contributed by atoms with E-state index in [-0.39, 0.29) is 5.82 Å². The zero-order chi connectivity index (χ0) is 16.1. The van der Waals surface area contributed by atoms with Crippen molar-refractivity contribution in [2.75, 3.05) is 0 Å². The molecule has 0 spiro atoms. The summed E-state index contributed by atoms with van der Waals surface area (Å²) in [5.74, 6) is 1.55. The second-order valence-corrected chi connectivity index (χ2v) is 5.92. The van der Waals surface area contributed by atoms with E-state index in [0.717, 1.165) is 17.9 Å². The van der Waals surface area contributed by atoms with E-state index in [0.29, 0.717) is 5.92 Å². The highest BCUT2D eigenvalue weighted by molar-refractivity contribution is 5.17. The maximum atomic E-state index is 13.4. The first-order chi connectivity index (χ1) is 10.2. The Hall–Kier alpha value is -0.850. The molecule has 0 atom stereocenters. The normalized spacial score (nSPS) is 20.7. The van der Waals surface area contributed by atoms with E-state index >= 15 is 0 Å². The van der Waals surface area contributed by atoms with E-state index in [4.69, 9.17) is 0 Å². The van der Waals surface area contributed by atoms with Crippen molar-refractivity contribution in [3.05, 3.63) is 35.6 Å². The average Bonchev–Trinajstić information content (AvgIpc) is 2.54. The van der Waals surface area contributed by atoms with Crippen molar-refractivity contribution in [1.29, 1.82) is 0 Å². The molecule has 0 unspecified atom stereocenters. The Morgan fingerprint density at radius 2 is 1.48 bits per heavy atom. The Morgan fingerprint density at radius 1 is 0.952 bits per heavy atom. The van der Waals surface area contributed by atoms with Crippen molar-refractivity contribution in [3.8, 4) is 0 Å². The molecule has 0 N–H and O–H groups in total. The van der Waals surface area contributed by atoms with Gasteiger partial charge in [0.25, 0.3) is 0 Å². The van der Waals surface area contributed by atoms with E-state index in [1.807, 2.05) is 26.0 Å². The van der Waals surface area contributed by atoms with Crippen molar-refractivity contribution in [2.45, 2.75) is 79.6 Å². The monoisotopic (exact) mass is 294 g/mol. The molecule has 0 amide bonds. The molecular weight excluding hydrogens is 259 g/mol. The summed E-state index contributed by atoms with van der Waals surface area (Å²) in [6, 6.07) is 7.19. The molecule has 0 radical (unpaired) electrons. The lowest BCUT2D eigenvalue weighted by Gasteiger charge is -2.26. The van der Waals surface area contributed by atoms with E-state index in [9.17, 15) is 4.39 Å². The summed E-state index contributed by atoms with van der Waals surface area (Å²) in [4.78, 5) is 0. The molecule has 1 fully saturated rings. The van der Waals surface area contributed by atoms with Crippen LogP contribution >= 0.6 is 0 Å². The van der Waals surface area contributed by atoms with Gasteiger partial charge in [-0.1, -0.05) is 78.5 Å². The number of rotatable bonds is 3. The molecule has 2 rings (SSSR count). The molecule has 21 heavy (non-hydrogen) atoms. The number of hydrogen-bond acceptors (Lipinski definition) is 0. The number of unbranched alkanes of at least 4 members (excludes halogenated alkanes) is 1. The Labute approximate surface area is 132 Å². The average molecular weight is 294 g/mol. The molecule has 1 saturated carbocycles. The molecule has 0 bridgehead atoms. The Morgan fingerprint density at radius 3 is 1.95 bits per heavy atom. The van der Waals surface area contributed by atoms with Gasteiger partial charge in [-0.25, -0.2) is 4.39 Å². The van der Waals surface area contributed by atoms with Crippen LogP contribution in [0.2, 0.25) is 0 Å². The third-order valence-corrected chi connectivity index (χ3v) is 4.10. The van der Waals surface area contributed by atoms with Crippen LogP contribution in [0.4, 0.5) is 4.39 Å². The van der Waals surface area contributed by atoms with Crippen LogP contribution in [0.15, 0.2) is 24.3 Å². The van der Waals surface area contributed by atoms with Gasteiger partial charge >= 0.3 is 0 Å². The predicted molar refractivity (Wildman–Crippen MR) is 93.2 cm³/mol. The maximum absolute atomic E-state index is 13.4. The lowest BCUT2D eigenvalue weighted by molar-refractivity contribution is 0.287. The summed E-state index contributed by atoms with van der Waals surface area (Å²) in [6.07, 6.45) is 8.75. The van der Waals surface area contributed by atoms with Gasteiger partial charge in [-0.3, -0.25) is 0 Å². The molecule has 122 valence electrons. The fourth-order valence-corrected chi connectivity index (χ4v) is 2.51. The maximum Gasteiger partial charge on any atom is 0.126 e. The lowest BCUT2D eigenvalue weighted by Crippen LogP contribution is -2.14. The summed E-state index contributed by atoms with van der Waals surface area (Å²) >= 11 is 0. The highest BCUT2D eigenvalue weighted by atomic mass is 19.1. The third kappa shape index (κ3) is 8.90. The molecule has 1 heteroatoms. The quantitative estimate of drug-likeness (QED) is 0.561. The molecule has 1 aliphatic rings. The van der Waals surface area contributed by atoms with E-state index in [1.165, 1.54) is 38.5 Å². The first-order valence-electron chi connectivity index (χ1n) is 8.90. The third-order valence-electron chi connectivity index (χ3n) is 4.10. The summed E-state index contributed by atoms with van der Waals surface area (Å²) in [5.41, 5.74) is 0.900. The van der Waals surface area contributed by atoms with Crippen molar-refractivity contribution in [3.63, 3.8) is 0 Å². The van der Waals surface area contributed by atoms with Crippen LogP contribution in [-0.4, -0.2) is 0 Å². The van der Waals surface area contributed by atoms with E-state index in [1.54, 1.807) is 12.1 Å². The van der Waals surface area contributed by atoms with E-state index < -0.39 is 0 Å². The minimum atomic E-state index is -0.0314. The Kier molecular flexibility index (Phi) is 12.3. The van der Waals surface area contributed by atoms with Gasteiger partial charge in [0.1, 0.15) is 5.82 Å². The Balaban J connectivity index is 0.000000579. The highest BCUT2D eigenvalue weighted by Crippen LogP contribution is 2.30. The van der Waals surface area contributed by atoms with Gasteiger partial charge in [-0.2, -0.15) is 0 Å². The lowest BCUT2D eigenvalue weighted by atomic mass is 9.80. The second-order valence-electron chi connectivity index (χ2n) is 5.92. The zero-order valence-electron chi connectivity index (χ0n) is 14.8. The molecule has 1 aliphatic carbocycles.